The Balaban J connectivity index is 1.74. The van der Waals surface area contributed by atoms with E-state index in [0.29, 0.717) is 6.42 Å². The average molecular weight is 928 g/mol. The fourth-order valence-electron chi connectivity index (χ4n) is 8.17. The van der Waals surface area contributed by atoms with Gasteiger partial charge in [-0.25, -0.2) is 4.68 Å². The van der Waals surface area contributed by atoms with Gasteiger partial charge in [0.15, 0.2) is 5.82 Å². The number of anilines is 1. The van der Waals surface area contributed by atoms with Crippen molar-refractivity contribution >= 4 is 35.4 Å². The summed E-state index contributed by atoms with van der Waals surface area (Å²) in [5, 5.41) is 61.0. The van der Waals surface area contributed by atoms with Crippen LogP contribution in [-0.2, 0) is 23.9 Å². The highest BCUT2D eigenvalue weighted by Crippen LogP contribution is 2.30. The first-order chi connectivity index (χ1) is 31.0. The lowest BCUT2D eigenvalue weighted by Crippen LogP contribution is -2.61. The molecule has 1 saturated carbocycles. The molecule has 1 amide bonds. The molecule has 0 spiro atoms. The minimum Gasteiger partial charge on any atom is -0.462 e. The summed E-state index contributed by atoms with van der Waals surface area (Å²) in [5.74, 6) is -0.945. The van der Waals surface area contributed by atoms with Crippen LogP contribution in [0.15, 0.2) is 6.20 Å². The number of nitrogens with zero attached hydrogens (tertiary/aromatic N) is 3. The zero-order chi connectivity index (χ0) is 46.8. The van der Waals surface area contributed by atoms with Crippen LogP contribution in [0.1, 0.15) is 213 Å². The summed E-state index contributed by atoms with van der Waals surface area (Å²) in [6.07, 6.45) is 26.8. The second-order valence-electron chi connectivity index (χ2n) is 18.1. The molecule has 8 N–H and O–H groups in total. The van der Waals surface area contributed by atoms with E-state index < -0.39 is 54.6 Å². The lowest BCUT2D eigenvalue weighted by Gasteiger charge is -2.41. The second-order valence-corrected chi connectivity index (χ2v) is 19.2. The van der Waals surface area contributed by atoms with Gasteiger partial charge in [-0.15, -0.1) is 5.10 Å². The lowest BCUT2D eigenvalue weighted by molar-refractivity contribution is -0.200. The smallest absolute Gasteiger partial charge is 0.306 e. The number of esters is 2. The van der Waals surface area contributed by atoms with Gasteiger partial charge in [0.05, 0.1) is 12.2 Å². The molecule has 0 radical (unpaired) electrons. The molecule has 1 heterocycles. The van der Waals surface area contributed by atoms with E-state index in [-0.39, 0.29) is 42.3 Å². The van der Waals surface area contributed by atoms with E-state index in [1.807, 2.05) is 0 Å². The number of nitrogens with two attached hydrogens (primary N) is 1. The standard InChI is InChI=1S/C48H89N5O10S/c1-3-5-7-9-11-13-15-17-19-21-23-25-27-29-31-40(54)62-34-37(63-41(55)32-30-28-26-24-22-20-18-16-14-12-10-8-6-4-2)35-64-36-38(49)48(61)50-39-33-53(52-51-39)42-43(56)45(58)47(60)46(59)44(42)57/h33,37-38,42-47,56-60H,3-32,34-36,49H2,1-2H3,(H,50,61)/t37-,38-,42?,43+,44+,45-,46+,47?/m1/s1. The van der Waals surface area contributed by atoms with Gasteiger partial charge in [0, 0.05) is 24.3 Å². The van der Waals surface area contributed by atoms with E-state index in [2.05, 4.69) is 29.5 Å². The Labute approximate surface area is 389 Å². The molecule has 1 aliphatic rings. The largest absolute Gasteiger partial charge is 0.462 e. The topological polar surface area (TPSA) is 240 Å². The number of aliphatic hydroxyl groups is 5. The van der Waals surface area contributed by atoms with E-state index in [9.17, 15) is 39.9 Å². The Hall–Kier alpha value is -2.34. The average Bonchev–Trinajstić information content (AvgIpc) is 3.74. The molecule has 15 nitrogen and oxygen atoms in total. The summed E-state index contributed by atoms with van der Waals surface area (Å²) < 4.78 is 12.4. The Morgan fingerprint density at radius 2 is 1.00 bits per heavy atom. The maximum Gasteiger partial charge on any atom is 0.306 e. The van der Waals surface area contributed by atoms with Crippen LogP contribution < -0.4 is 11.1 Å². The molecule has 8 atom stereocenters. The zero-order valence-electron chi connectivity index (χ0n) is 39.6. The molecule has 64 heavy (non-hydrogen) atoms. The Morgan fingerprint density at radius 3 is 1.44 bits per heavy atom. The maximum absolute atomic E-state index is 12.9. The minimum absolute atomic E-state index is 0.0547. The summed E-state index contributed by atoms with van der Waals surface area (Å²) in [5.41, 5.74) is 6.18. The van der Waals surface area contributed by atoms with Crippen molar-refractivity contribution in [2.24, 2.45) is 5.73 Å². The molecular formula is C48H89N5O10S. The van der Waals surface area contributed by atoms with Crippen LogP contribution in [0, 0.1) is 0 Å². The molecule has 372 valence electrons. The predicted molar refractivity (Wildman–Crippen MR) is 254 cm³/mol. The van der Waals surface area contributed by atoms with Crippen LogP contribution in [-0.4, -0.2) is 119 Å². The van der Waals surface area contributed by atoms with Crippen LogP contribution in [0.3, 0.4) is 0 Å². The number of nitrogens with one attached hydrogen (secondary N) is 1. The van der Waals surface area contributed by atoms with Gasteiger partial charge in [-0.05, 0) is 12.8 Å². The van der Waals surface area contributed by atoms with E-state index in [1.54, 1.807) is 0 Å². The van der Waals surface area contributed by atoms with Gasteiger partial charge in [0.1, 0.15) is 49.3 Å². The van der Waals surface area contributed by atoms with Gasteiger partial charge in [0.2, 0.25) is 5.91 Å². The molecule has 0 saturated heterocycles. The third-order valence-electron chi connectivity index (χ3n) is 12.3. The van der Waals surface area contributed by atoms with E-state index >= 15 is 0 Å². The normalized spacial score (nSPS) is 20.8. The monoisotopic (exact) mass is 928 g/mol. The van der Waals surface area contributed by atoms with Crippen molar-refractivity contribution in [2.75, 3.05) is 23.4 Å². The number of carbonyl (C=O) groups excluding carboxylic acids is 3. The lowest BCUT2D eigenvalue weighted by atomic mass is 9.83. The highest BCUT2D eigenvalue weighted by Gasteiger charge is 2.49. The number of aliphatic hydroxyl groups excluding tert-OH is 5. The summed E-state index contributed by atoms with van der Waals surface area (Å²) in [6.45, 7) is 4.41. The van der Waals surface area contributed by atoms with Gasteiger partial charge < -0.3 is 46.1 Å². The summed E-state index contributed by atoms with van der Waals surface area (Å²) >= 11 is 1.28. The Kier molecular flexibility index (Phi) is 33.2. The van der Waals surface area contributed by atoms with Crippen molar-refractivity contribution in [3.63, 3.8) is 0 Å². The molecule has 1 aliphatic carbocycles. The van der Waals surface area contributed by atoms with Crippen LogP contribution >= 0.6 is 11.8 Å². The SMILES string of the molecule is CCCCCCCCCCCCCCCCC(=O)OC[C@H](CSC[C@@H](N)C(=O)Nc1cn(C2[C@H](O)[C@H](O)C(O)[C@H](O)[C@H]2O)nn1)OC(=O)CCCCCCCCCCCCCCCC. The molecular weight excluding hydrogens is 839 g/mol. The fraction of sp³-hybridized carbons (Fsp3) is 0.896. The van der Waals surface area contributed by atoms with Crippen LogP contribution in [0.5, 0.6) is 0 Å². The van der Waals surface area contributed by atoms with Gasteiger partial charge in [-0.2, -0.15) is 11.8 Å². The van der Waals surface area contributed by atoms with Gasteiger partial charge in [-0.1, -0.05) is 186 Å². The molecule has 1 aromatic heterocycles. The number of hydrogen-bond acceptors (Lipinski definition) is 14. The van der Waals surface area contributed by atoms with Gasteiger partial charge in [-0.3, -0.25) is 14.4 Å². The predicted octanol–water partition coefficient (Wildman–Crippen LogP) is 7.83. The molecule has 1 aromatic rings. The molecule has 1 fully saturated rings. The molecule has 0 aliphatic heterocycles. The Morgan fingerprint density at radius 1 is 0.609 bits per heavy atom. The van der Waals surface area contributed by atoms with Crippen molar-refractivity contribution in [1.29, 1.82) is 0 Å². The van der Waals surface area contributed by atoms with Crippen LogP contribution in [0.4, 0.5) is 5.82 Å². The van der Waals surface area contributed by atoms with Crippen LogP contribution in [0.25, 0.3) is 0 Å². The van der Waals surface area contributed by atoms with E-state index in [4.69, 9.17) is 15.2 Å². The number of aromatic nitrogens is 3. The summed E-state index contributed by atoms with van der Waals surface area (Å²) in [4.78, 5) is 38.5. The zero-order valence-corrected chi connectivity index (χ0v) is 40.5. The first kappa shape index (κ1) is 57.8. The second kappa shape index (κ2) is 36.7. The minimum atomic E-state index is -1.76. The molecule has 0 aromatic carbocycles. The highest BCUT2D eigenvalue weighted by molar-refractivity contribution is 7.99. The van der Waals surface area contributed by atoms with Crippen molar-refractivity contribution in [1.82, 2.24) is 15.0 Å². The molecule has 16 heteroatoms. The quantitative estimate of drug-likeness (QED) is 0.0245. The number of carbonyl (C=O) groups is 3. The molecule has 2 rings (SSSR count). The number of ether oxygens (including phenoxy) is 2. The van der Waals surface area contributed by atoms with Crippen LogP contribution in [0.2, 0.25) is 0 Å². The highest BCUT2D eigenvalue weighted by atomic mass is 32.2. The van der Waals surface area contributed by atoms with Crippen molar-refractivity contribution in [3.05, 3.63) is 6.20 Å². The third kappa shape index (κ3) is 25.5. The molecule has 2 unspecified atom stereocenters. The summed E-state index contributed by atoms with van der Waals surface area (Å²) in [6, 6.07) is -2.37. The van der Waals surface area contributed by atoms with Gasteiger partial charge >= 0.3 is 11.9 Å². The number of amides is 1. The van der Waals surface area contributed by atoms with E-state index in [1.165, 1.54) is 159 Å². The van der Waals surface area contributed by atoms with Gasteiger partial charge in [0.25, 0.3) is 0 Å². The summed E-state index contributed by atoms with van der Waals surface area (Å²) in [7, 11) is 0. The Bertz CT molecular complexity index is 1330. The molecule has 0 bridgehead atoms. The third-order valence-corrected chi connectivity index (χ3v) is 13.5. The number of hydrogen-bond donors (Lipinski definition) is 7. The fourth-order valence-corrected chi connectivity index (χ4v) is 9.14. The number of rotatable bonds is 40. The van der Waals surface area contributed by atoms with Crippen molar-refractivity contribution in [2.45, 2.75) is 255 Å². The first-order valence-electron chi connectivity index (χ1n) is 25.3. The number of unbranched alkanes of at least 4 members (excludes halogenated alkanes) is 26. The van der Waals surface area contributed by atoms with Crippen molar-refractivity contribution < 1.29 is 49.4 Å². The number of thioether (sulfide) groups is 1. The first-order valence-corrected chi connectivity index (χ1v) is 26.5. The van der Waals surface area contributed by atoms with E-state index in [0.717, 1.165) is 43.2 Å². The van der Waals surface area contributed by atoms with Crippen molar-refractivity contribution in [3.8, 4) is 0 Å². The maximum atomic E-state index is 12.9.